The van der Waals surface area contributed by atoms with Crippen LogP contribution in [0.5, 0.6) is 0 Å². The normalized spacial score (nSPS) is 12.9. The van der Waals surface area contributed by atoms with Crippen LogP contribution in [0.4, 0.5) is 0 Å². The quantitative estimate of drug-likeness (QED) is 0.429. The Morgan fingerprint density at radius 3 is 2.47 bits per heavy atom. The second-order valence-electron chi connectivity index (χ2n) is 3.78. The molecule has 0 amide bonds. The van der Waals surface area contributed by atoms with Gasteiger partial charge in [0, 0.05) is 7.11 Å². The molecule has 1 aromatic carbocycles. The van der Waals surface area contributed by atoms with E-state index in [0.717, 1.165) is 5.56 Å². The summed E-state index contributed by atoms with van der Waals surface area (Å²) in [5, 5.41) is 0. The summed E-state index contributed by atoms with van der Waals surface area (Å²) in [5.74, 6) is 2.28. The Bertz CT molecular complexity index is 527. The largest absolute Gasteiger partial charge is 0.359 e. The topological polar surface area (TPSA) is 61.8 Å². The molecule has 19 heavy (non-hydrogen) atoms. The zero-order valence-electron chi connectivity index (χ0n) is 10.8. The van der Waals surface area contributed by atoms with Crippen molar-refractivity contribution in [3.8, 4) is 12.3 Å². The van der Waals surface area contributed by atoms with Crippen LogP contribution < -0.4 is 0 Å². The number of hydrogen-bond donors (Lipinski definition) is 0. The number of ether oxygens (including phenoxy) is 2. The highest BCUT2D eigenvalue weighted by Crippen LogP contribution is 2.13. The first-order valence-electron chi connectivity index (χ1n) is 5.52. The van der Waals surface area contributed by atoms with E-state index in [0.29, 0.717) is 0 Å². The lowest BCUT2D eigenvalue weighted by molar-refractivity contribution is -0.0626. The molecule has 5 nitrogen and oxygen atoms in total. The van der Waals surface area contributed by atoms with Gasteiger partial charge in [0.05, 0.1) is 4.90 Å². The minimum Gasteiger partial charge on any atom is -0.359 e. The predicted molar refractivity (Wildman–Crippen MR) is 69.9 cm³/mol. The third-order valence-corrected chi connectivity index (χ3v) is 3.55. The van der Waals surface area contributed by atoms with Gasteiger partial charge in [0.15, 0.2) is 0 Å². The Balaban J connectivity index is 2.65. The molecule has 0 aromatic heterocycles. The van der Waals surface area contributed by atoms with Crippen LogP contribution in [-0.2, 0) is 23.8 Å². The van der Waals surface area contributed by atoms with Gasteiger partial charge in [-0.15, -0.1) is 6.42 Å². The van der Waals surface area contributed by atoms with Crippen LogP contribution in [0.15, 0.2) is 29.2 Å². The Morgan fingerprint density at radius 2 is 1.95 bits per heavy atom. The number of rotatable bonds is 7. The highest BCUT2D eigenvalue weighted by molar-refractivity contribution is 7.86. The minimum absolute atomic E-state index is 0.0250. The van der Waals surface area contributed by atoms with Crippen molar-refractivity contribution in [2.75, 3.05) is 20.5 Å². The molecule has 0 unspecified atom stereocenters. The summed E-state index contributed by atoms with van der Waals surface area (Å²) in [6, 6.07) is 6.34. The Kier molecular flexibility index (Phi) is 5.99. The third-order valence-electron chi connectivity index (χ3n) is 2.26. The van der Waals surface area contributed by atoms with Crippen LogP contribution in [0, 0.1) is 19.3 Å². The van der Waals surface area contributed by atoms with E-state index < -0.39 is 16.2 Å². The average molecular weight is 284 g/mol. The lowest BCUT2D eigenvalue weighted by atomic mass is 10.2. The smallest absolute Gasteiger partial charge is 0.297 e. The van der Waals surface area contributed by atoms with E-state index in [2.05, 4.69) is 10.7 Å². The van der Waals surface area contributed by atoms with E-state index in [9.17, 15) is 8.42 Å². The molecule has 0 saturated heterocycles. The fourth-order valence-electron chi connectivity index (χ4n) is 1.22. The molecule has 0 fully saturated rings. The summed E-state index contributed by atoms with van der Waals surface area (Å²) in [7, 11) is -2.38. The molecule has 1 atom stereocenters. The summed E-state index contributed by atoms with van der Waals surface area (Å²) in [6.45, 7) is 1.59. The lowest BCUT2D eigenvalue weighted by Gasteiger charge is -2.12. The second-order valence-corrected chi connectivity index (χ2v) is 5.40. The van der Waals surface area contributed by atoms with Gasteiger partial charge in [-0.1, -0.05) is 23.6 Å². The van der Waals surface area contributed by atoms with Gasteiger partial charge < -0.3 is 9.47 Å². The second kappa shape index (κ2) is 7.26. The van der Waals surface area contributed by atoms with E-state index in [4.69, 9.17) is 15.3 Å². The SMILES string of the molecule is C#C[C@@H](COS(=O)(=O)c1ccc(C)cc1)OCOC. The Hall–Kier alpha value is -1.39. The lowest BCUT2D eigenvalue weighted by Crippen LogP contribution is -2.21. The van der Waals surface area contributed by atoms with Gasteiger partial charge in [0.2, 0.25) is 0 Å². The molecular formula is C13H16O5S. The maximum atomic E-state index is 11.9. The molecule has 0 radical (unpaired) electrons. The van der Waals surface area contributed by atoms with E-state index in [-0.39, 0.29) is 18.3 Å². The molecule has 0 aliphatic carbocycles. The van der Waals surface area contributed by atoms with E-state index in [1.54, 1.807) is 12.1 Å². The number of terminal acetylenes is 1. The van der Waals surface area contributed by atoms with Crippen LogP contribution in [0.25, 0.3) is 0 Å². The highest BCUT2D eigenvalue weighted by atomic mass is 32.2. The summed E-state index contributed by atoms with van der Waals surface area (Å²) in [5.41, 5.74) is 0.962. The molecule has 6 heteroatoms. The fraction of sp³-hybridized carbons (Fsp3) is 0.385. The van der Waals surface area contributed by atoms with Crippen molar-refractivity contribution in [2.24, 2.45) is 0 Å². The fourth-order valence-corrected chi connectivity index (χ4v) is 2.13. The molecule has 0 heterocycles. The van der Waals surface area contributed by atoms with Crippen LogP contribution in [0.1, 0.15) is 5.56 Å². The molecule has 0 aliphatic rings. The van der Waals surface area contributed by atoms with Crippen molar-refractivity contribution in [3.63, 3.8) is 0 Å². The average Bonchev–Trinajstić information content (AvgIpc) is 2.39. The minimum atomic E-state index is -3.82. The van der Waals surface area contributed by atoms with Gasteiger partial charge in [-0.25, -0.2) is 0 Å². The molecule has 0 N–H and O–H groups in total. The van der Waals surface area contributed by atoms with Crippen molar-refractivity contribution in [2.45, 2.75) is 17.9 Å². The van der Waals surface area contributed by atoms with Crippen LogP contribution in [-0.4, -0.2) is 35.0 Å². The van der Waals surface area contributed by atoms with E-state index in [1.807, 2.05) is 6.92 Å². The van der Waals surface area contributed by atoms with Gasteiger partial charge in [-0.2, -0.15) is 8.42 Å². The Morgan fingerprint density at radius 1 is 1.32 bits per heavy atom. The molecular weight excluding hydrogens is 268 g/mol. The number of benzene rings is 1. The molecule has 0 aliphatic heterocycles. The maximum absolute atomic E-state index is 11.9. The molecule has 0 spiro atoms. The molecule has 1 aromatic rings. The molecule has 104 valence electrons. The first-order valence-corrected chi connectivity index (χ1v) is 6.93. The monoisotopic (exact) mass is 284 g/mol. The number of hydrogen-bond acceptors (Lipinski definition) is 5. The van der Waals surface area contributed by atoms with Crippen molar-refractivity contribution in [3.05, 3.63) is 29.8 Å². The van der Waals surface area contributed by atoms with Crippen LogP contribution in [0.3, 0.4) is 0 Å². The predicted octanol–water partition coefficient (Wildman–Crippen LogP) is 1.32. The first kappa shape index (κ1) is 15.7. The summed E-state index contributed by atoms with van der Waals surface area (Å²) in [6.07, 6.45) is 4.42. The first-order chi connectivity index (χ1) is 8.99. The van der Waals surface area contributed by atoms with Crippen LogP contribution >= 0.6 is 0 Å². The number of aryl methyl sites for hydroxylation is 1. The van der Waals surface area contributed by atoms with Gasteiger partial charge in [-0.3, -0.25) is 4.18 Å². The van der Waals surface area contributed by atoms with E-state index in [1.165, 1.54) is 19.2 Å². The third kappa shape index (κ3) is 5.01. The molecule has 1 rings (SSSR count). The van der Waals surface area contributed by atoms with Crippen molar-refractivity contribution < 1.29 is 22.1 Å². The van der Waals surface area contributed by atoms with Gasteiger partial charge in [0.1, 0.15) is 19.5 Å². The van der Waals surface area contributed by atoms with Gasteiger partial charge >= 0.3 is 0 Å². The number of methoxy groups -OCH3 is 1. The van der Waals surface area contributed by atoms with Crippen molar-refractivity contribution >= 4 is 10.1 Å². The zero-order chi connectivity index (χ0) is 14.3. The Labute approximate surface area is 113 Å². The standard InChI is InChI=1S/C13H16O5S/c1-4-12(17-10-16-3)9-18-19(14,15)13-7-5-11(2)6-8-13/h1,5-8,12H,9-10H2,2-3H3/t12-/m0/s1. The van der Waals surface area contributed by atoms with Crippen molar-refractivity contribution in [1.29, 1.82) is 0 Å². The summed E-state index contributed by atoms with van der Waals surface area (Å²) in [4.78, 5) is 0.0839. The summed E-state index contributed by atoms with van der Waals surface area (Å²) < 4.78 is 38.3. The zero-order valence-corrected chi connectivity index (χ0v) is 11.6. The summed E-state index contributed by atoms with van der Waals surface area (Å²) >= 11 is 0. The molecule has 0 bridgehead atoms. The van der Waals surface area contributed by atoms with Crippen LogP contribution in [0.2, 0.25) is 0 Å². The highest BCUT2D eigenvalue weighted by Gasteiger charge is 2.17. The van der Waals surface area contributed by atoms with E-state index >= 15 is 0 Å². The molecule has 0 saturated carbocycles. The van der Waals surface area contributed by atoms with Gasteiger partial charge in [0.25, 0.3) is 10.1 Å². The van der Waals surface area contributed by atoms with Gasteiger partial charge in [-0.05, 0) is 19.1 Å². The maximum Gasteiger partial charge on any atom is 0.297 e. The van der Waals surface area contributed by atoms with Crippen molar-refractivity contribution in [1.82, 2.24) is 0 Å².